The number of rotatable bonds is 3. The third-order valence-electron chi connectivity index (χ3n) is 1.31. The van der Waals surface area contributed by atoms with Gasteiger partial charge in [0, 0.05) is 0 Å². The van der Waals surface area contributed by atoms with Crippen LogP contribution in [-0.4, -0.2) is 0 Å². The molecule has 0 fully saturated rings. The van der Waals surface area contributed by atoms with Crippen LogP contribution in [0.25, 0.3) is 0 Å². The van der Waals surface area contributed by atoms with E-state index in [-0.39, 0.29) is 0 Å². The largest absolute Gasteiger partial charge is 0.0955 e. The monoisotopic (exact) mass is 190 g/mol. The van der Waals surface area contributed by atoms with Gasteiger partial charge in [-0.05, 0) is 12.0 Å². The van der Waals surface area contributed by atoms with Gasteiger partial charge in [0.1, 0.15) is 0 Å². The summed E-state index contributed by atoms with van der Waals surface area (Å²) in [7, 11) is 0. The van der Waals surface area contributed by atoms with E-state index in [1.165, 1.54) is 0 Å². The van der Waals surface area contributed by atoms with Crippen molar-refractivity contribution in [1.82, 2.24) is 0 Å². The average Bonchev–Trinajstić information content (AvgIpc) is 1.87. The van der Waals surface area contributed by atoms with Crippen molar-refractivity contribution in [2.75, 3.05) is 0 Å². The van der Waals surface area contributed by atoms with Crippen molar-refractivity contribution in [3.05, 3.63) is 34.9 Å². The highest BCUT2D eigenvalue weighted by molar-refractivity contribution is 6.43. The van der Waals surface area contributed by atoms with E-state index in [0.717, 1.165) is 5.57 Å². The molecule has 0 aromatic carbocycles. The van der Waals surface area contributed by atoms with E-state index >= 15 is 0 Å². The fourth-order valence-corrected chi connectivity index (χ4v) is 0.602. The predicted molar refractivity (Wildman–Crippen MR) is 52.9 cm³/mol. The van der Waals surface area contributed by atoms with Crippen LogP contribution in [0.15, 0.2) is 34.9 Å². The SMILES string of the molecule is C=C(Cl)/C(Cl)=C\C(=C)C(C)C. The second kappa shape index (κ2) is 4.63. The number of halogens is 2. The molecule has 0 amide bonds. The van der Waals surface area contributed by atoms with Crippen LogP contribution in [0.4, 0.5) is 0 Å². The first-order valence-corrected chi connectivity index (χ1v) is 4.11. The summed E-state index contributed by atoms with van der Waals surface area (Å²) in [6.07, 6.45) is 1.74. The molecule has 0 bridgehead atoms. The molecule has 0 aliphatic carbocycles. The van der Waals surface area contributed by atoms with Crippen LogP contribution in [-0.2, 0) is 0 Å². The lowest BCUT2D eigenvalue weighted by molar-refractivity contribution is 0.795. The highest BCUT2D eigenvalue weighted by Crippen LogP contribution is 2.20. The maximum absolute atomic E-state index is 5.72. The van der Waals surface area contributed by atoms with Gasteiger partial charge in [-0.1, -0.05) is 55.8 Å². The molecule has 0 nitrogen and oxygen atoms in total. The van der Waals surface area contributed by atoms with Gasteiger partial charge in [-0.2, -0.15) is 0 Å². The summed E-state index contributed by atoms with van der Waals surface area (Å²) in [5.41, 5.74) is 0.955. The van der Waals surface area contributed by atoms with Gasteiger partial charge >= 0.3 is 0 Å². The van der Waals surface area contributed by atoms with E-state index in [1.54, 1.807) is 6.08 Å². The Morgan fingerprint density at radius 2 is 1.73 bits per heavy atom. The zero-order valence-electron chi connectivity index (χ0n) is 6.82. The molecule has 62 valence electrons. The quantitative estimate of drug-likeness (QED) is 0.589. The molecule has 0 N–H and O–H groups in total. The zero-order chi connectivity index (χ0) is 9.02. The average molecular weight is 191 g/mol. The first-order valence-electron chi connectivity index (χ1n) is 3.36. The van der Waals surface area contributed by atoms with Crippen LogP contribution in [0, 0.1) is 5.92 Å². The predicted octanol–water partition coefficient (Wildman–Crippen LogP) is 4.07. The van der Waals surface area contributed by atoms with Gasteiger partial charge in [0.25, 0.3) is 0 Å². The minimum absolute atomic E-state index is 0.355. The van der Waals surface area contributed by atoms with Crippen LogP contribution in [0.3, 0.4) is 0 Å². The molecule has 0 saturated carbocycles. The number of hydrogen-bond donors (Lipinski definition) is 0. The topological polar surface area (TPSA) is 0 Å². The lowest BCUT2D eigenvalue weighted by Gasteiger charge is -2.03. The van der Waals surface area contributed by atoms with Gasteiger partial charge in [-0.25, -0.2) is 0 Å². The van der Waals surface area contributed by atoms with Gasteiger partial charge in [0.15, 0.2) is 0 Å². The first-order chi connectivity index (χ1) is 4.95. The molecule has 0 aromatic rings. The molecule has 0 unspecified atom stereocenters. The summed E-state index contributed by atoms with van der Waals surface area (Å²) < 4.78 is 0. The van der Waals surface area contributed by atoms with Crippen LogP contribution >= 0.6 is 23.2 Å². The maximum Gasteiger partial charge on any atom is 0.0588 e. The Bertz CT molecular complexity index is 200. The Morgan fingerprint density at radius 1 is 1.27 bits per heavy atom. The van der Waals surface area contributed by atoms with Gasteiger partial charge in [-0.3, -0.25) is 0 Å². The summed E-state index contributed by atoms with van der Waals surface area (Å²) in [6.45, 7) is 11.4. The van der Waals surface area contributed by atoms with Crippen molar-refractivity contribution in [3.63, 3.8) is 0 Å². The van der Waals surface area contributed by atoms with E-state index in [1.807, 2.05) is 13.8 Å². The molecule has 11 heavy (non-hydrogen) atoms. The molecule has 0 rings (SSSR count). The molecule has 2 heteroatoms. The third-order valence-corrected chi connectivity index (χ3v) is 1.95. The second-order valence-corrected chi connectivity index (χ2v) is 3.49. The lowest BCUT2D eigenvalue weighted by Crippen LogP contribution is -1.88. The van der Waals surface area contributed by atoms with Crippen LogP contribution in [0.2, 0.25) is 0 Å². The van der Waals surface area contributed by atoms with Crippen molar-refractivity contribution in [2.45, 2.75) is 13.8 Å². The Labute approximate surface area is 78.2 Å². The van der Waals surface area contributed by atoms with Crippen molar-refractivity contribution in [3.8, 4) is 0 Å². The summed E-state index contributed by atoms with van der Waals surface area (Å²) >= 11 is 11.3. The molecule has 0 aromatic heterocycles. The molecule has 0 heterocycles. The minimum atomic E-state index is 0.355. The van der Waals surface area contributed by atoms with E-state index < -0.39 is 0 Å². The number of allylic oxidation sites excluding steroid dienone is 4. The van der Waals surface area contributed by atoms with Crippen LogP contribution < -0.4 is 0 Å². The molecule has 0 radical (unpaired) electrons. The summed E-state index contributed by atoms with van der Waals surface area (Å²) in [6, 6.07) is 0. The number of hydrogen-bond acceptors (Lipinski definition) is 0. The van der Waals surface area contributed by atoms with E-state index in [9.17, 15) is 0 Å². The third kappa shape index (κ3) is 4.28. The van der Waals surface area contributed by atoms with Crippen LogP contribution in [0.1, 0.15) is 13.8 Å². The van der Waals surface area contributed by atoms with E-state index in [2.05, 4.69) is 13.2 Å². The van der Waals surface area contributed by atoms with Gasteiger partial charge < -0.3 is 0 Å². The maximum atomic E-state index is 5.72. The molecule has 0 atom stereocenters. The Morgan fingerprint density at radius 3 is 2.00 bits per heavy atom. The van der Waals surface area contributed by atoms with Crippen molar-refractivity contribution in [2.24, 2.45) is 5.92 Å². The molecule has 0 saturated heterocycles. The normalized spacial score (nSPS) is 11.9. The van der Waals surface area contributed by atoms with Crippen LogP contribution in [0.5, 0.6) is 0 Å². The zero-order valence-corrected chi connectivity index (χ0v) is 8.34. The molecular formula is C9H12Cl2. The van der Waals surface area contributed by atoms with E-state index in [0.29, 0.717) is 16.0 Å². The molecule has 0 aliphatic rings. The standard InChI is InChI=1S/C9H12Cl2/c1-6(2)7(3)5-9(11)8(4)10/h5-6H,3-4H2,1-2H3/b9-5+. The summed E-state index contributed by atoms with van der Waals surface area (Å²) in [4.78, 5) is 0. The lowest BCUT2D eigenvalue weighted by atomic mass is 10.1. The van der Waals surface area contributed by atoms with Crippen molar-refractivity contribution < 1.29 is 0 Å². The smallest absolute Gasteiger partial charge is 0.0588 e. The van der Waals surface area contributed by atoms with Gasteiger partial charge in [0.05, 0.1) is 10.1 Å². The fraction of sp³-hybridized carbons (Fsp3) is 0.333. The van der Waals surface area contributed by atoms with Gasteiger partial charge in [-0.15, -0.1) is 0 Å². The first kappa shape index (κ1) is 10.8. The Hall–Kier alpha value is -0.200. The summed E-state index contributed by atoms with van der Waals surface area (Å²) in [5.74, 6) is 0.389. The molecular weight excluding hydrogens is 179 g/mol. The fourth-order valence-electron chi connectivity index (χ4n) is 0.408. The second-order valence-electron chi connectivity index (χ2n) is 2.63. The molecule has 0 spiro atoms. The Balaban J connectivity index is 4.32. The summed E-state index contributed by atoms with van der Waals surface area (Å²) in [5, 5.41) is 0.818. The van der Waals surface area contributed by atoms with Crippen molar-refractivity contribution >= 4 is 23.2 Å². The van der Waals surface area contributed by atoms with Crippen molar-refractivity contribution in [1.29, 1.82) is 0 Å². The highest BCUT2D eigenvalue weighted by atomic mass is 35.5. The van der Waals surface area contributed by atoms with E-state index in [4.69, 9.17) is 23.2 Å². The Kier molecular flexibility index (Phi) is 4.55. The molecule has 0 aliphatic heterocycles. The van der Waals surface area contributed by atoms with Gasteiger partial charge in [0.2, 0.25) is 0 Å². The minimum Gasteiger partial charge on any atom is -0.0955 e. The highest BCUT2D eigenvalue weighted by Gasteiger charge is 1.99.